The Hall–Kier alpha value is -11.4. The van der Waals surface area contributed by atoms with Gasteiger partial charge in [-0.05, 0) is 171 Å². The Morgan fingerprint density at radius 1 is 0.405 bits per heavy atom. The molecule has 0 saturated carbocycles. The maximum Gasteiger partial charge on any atom is 0.425 e. The first-order valence-electron chi connectivity index (χ1n) is 26.0. The van der Waals surface area contributed by atoms with Gasteiger partial charge in [0.05, 0.1) is 5.56 Å². The summed E-state index contributed by atoms with van der Waals surface area (Å²) in [7, 11) is -3.11. The number of benzene rings is 9. The van der Waals surface area contributed by atoms with Crippen molar-refractivity contribution in [3.8, 4) is 98.1 Å². The summed E-state index contributed by atoms with van der Waals surface area (Å²) in [4.78, 5) is 33.3. The Kier molecular flexibility index (Phi) is 17.6. The number of carbonyl (C=O) groups is 2. The van der Waals surface area contributed by atoms with Crippen LogP contribution in [0.4, 0.5) is 0 Å². The third-order valence-corrected chi connectivity index (χ3v) is 13.6. The van der Waals surface area contributed by atoms with Crippen molar-refractivity contribution in [2.24, 2.45) is 0 Å². The molecule has 10 rings (SSSR count). The number of carbonyl (C=O) groups excluding carboxylic acids is 2. The monoisotopic (exact) mass is 1120 g/mol. The average Bonchev–Trinajstić information content (AvgIpc) is 2.68. The smallest absolute Gasteiger partial charge is 0.425 e. The number of nitriles is 3. The predicted molar refractivity (Wildman–Crippen MR) is 315 cm³/mol. The molecule has 15 heteroatoms. The van der Waals surface area contributed by atoms with Crippen LogP contribution in [0.3, 0.4) is 0 Å². The second-order valence-corrected chi connectivity index (χ2v) is 19.5. The minimum atomic E-state index is -3.11. The third kappa shape index (κ3) is 12.9. The van der Waals surface area contributed by atoms with E-state index in [2.05, 4.69) is 23.2 Å². The molecular formula is C69H48N4O10S. The molecule has 0 bridgehead atoms. The van der Waals surface area contributed by atoms with Gasteiger partial charge in [0.15, 0.2) is 11.6 Å². The molecule has 0 aliphatic rings. The molecule has 10 aromatic rings. The summed E-state index contributed by atoms with van der Waals surface area (Å²) in [6, 6.07) is 63.6. The third-order valence-electron chi connectivity index (χ3n) is 13.6. The number of hydrogen-bond acceptors (Lipinski definition) is 14. The van der Waals surface area contributed by atoms with Gasteiger partial charge < -0.3 is 23.7 Å². The van der Waals surface area contributed by atoms with Crippen molar-refractivity contribution in [3.63, 3.8) is 0 Å². The summed E-state index contributed by atoms with van der Waals surface area (Å²) in [5.41, 5.74) is 8.67. The van der Waals surface area contributed by atoms with Crippen molar-refractivity contribution in [3.05, 3.63) is 267 Å². The van der Waals surface area contributed by atoms with E-state index in [1.54, 1.807) is 140 Å². The SMILES string of the molecule is Cc1ccc(-c2ccc(-c3cccc(Oc4ccc(Oc5cccc(Oc6ccc(Oc7cccc(C)c7C#N)c(C)c6C)c5C#N)c(C)c4)c3C#N)c(C(=O)c3ccc(Oc4ccccn4)cc3)c2)c(C(=O)c2ccccc2)c1.O=S(=O)=O. The molecular weight excluding hydrogens is 1080 g/mol. The lowest BCUT2D eigenvalue weighted by Crippen LogP contribution is -2.07. The first-order valence-corrected chi connectivity index (χ1v) is 27.0. The molecule has 0 aliphatic heterocycles. The number of rotatable bonds is 16. The molecule has 0 aliphatic carbocycles. The first-order chi connectivity index (χ1) is 40.6. The average molecular weight is 1130 g/mol. The van der Waals surface area contributed by atoms with Gasteiger partial charge in [0.1, 0.15) is 81.1 Å². The van der Waals surface area contributed by atoms with Gasteiger partial charge in [-0.2, -0.15) is 15.8 Å². The predicted octanol–water partition coefficient (Wildman–Crippen LogP) is 16.0. The molecule has 0 radical (unpaired) electrons. The van der Waals surface area contributed by atoms with Crippen LogP contribution in [0, 0.1) is 68.6 Å². The maximum atomic E-state index is 14.9. The number of nitrogens with zero attached hydrogens (tertiary/aromatic N) is 4. The molecule has 0 N–H and O–H groups in total. The van der Waals surface area contributed by atoms with Crippen molar-refractivity contribution in [2.45, 2.75) is 34.6 Å². The van der Waals surface area contributed by atoms with Gasteiger partial charge in [0, 0.05) is 40.1 Å². The Morgan fingerprint density at radius 2 is 0.929 bits per heavy atom. The second kappa shape index (κ2) is 25.8. The molecule has 0 fully saturated rings. The van der Waals surface area contributed by atoms with Crippen LogP contribution in [0.1, 0.15) is 76.4 Å². The van der Waals surface area contributed by atoms with Crippen LogP contribution in [0.15, 0.2) is 200 Å². The summed E-state index contributed by atoms with van der Waals surface area (Å²) < 4.78 is 56.7. The molecule has 14 nitrogen and oxygen atoms in total. The van der Waals surface area contributed by atoms with E-state index in [4.69, 9.17) is 36.3 Å². The highest BCUT2D eigenvalue weighted by Crippen LogP contribution is 2.42. The van der Waals surface area contributed by atoms with E-state index >= 15 is 0 Å². The van der Waals surface area contributed by atoms with E-state index in [0.717, 1.165) is 22.3 Å². The van der Waals surface area contributed by atoms with Gasteiger partial charge in [-0.25, -0.2) is 4.98 Å². The van der Waals surface area contributed by atoms with Crippen molar-refractivity contribution < 1.29 is 45.9 Å². The van der Waals surface area contributed by atoms with Crippen LogP contribution in [0.2, 0.25) is 0 Å². The van der Waals surface area contributed by atoms with Gasteiger partial charge >= 0.3 is 10.6 Å². The van der Waals surface area contributed by atoms with Crippen LogP contribution >= 0.6 is 0 Å². The molecule has 1 heterocycles. The first kappa shape index (κ1) is 57.3. The summed E-state index contributed by atoms with van der Waals surface area (Å²) in [6.45, 7) is 9.42. The Bertz CT molecular complexity index is 4430. The molecule has 9 aromatic carbocycles. The lowest BCUT2D eigenvalue weighted by atomic mass is 9.86. The molecule has 0 atom stereocenters. The van der Waals surface area contributed by atoms with Crippen molar-refractivity contribution in [1.29, 1.82) is 15.8 Å². The van der Waals surface area contributed by atoms with Crippen LogP contribution < -0.4 is 23.7 Å². The summed E-state index contributed by atoms with van der Waals surface area (Å²) >= 11 is 0. The molecule has 0 unspecified atom stereocenters. The van der Waals surface area contributed by atoms with E-state index in [0.29, 0.717) is 96.0 Å². The zero-order chi connectivity index (χ0) is 59.4. The van der Waals surface area contributed by atoms with Crippen LogP contribution in [-0.4, -0.2) is 29.2 Å². The van der Waals surface area contributed by atoms with Gasteiger partial charge in [-0.15, -0.1) is 12.6 Å². The fraction of sp³-hybridized carbons (Fsp3) is 0.0725. The molecule has 1 aromatic heterocycles. The number of aromatic nitrogens is 1. The number of hydrogen-bond donors (Lipinski definition) is 0. The van der Waals surface area contributed by atoms with Crippen LogP contribution in [0.5, 0.6) is 57.6 Å². The zero-order valence-electron chi connectivity index (χ0n) is 45.8. The maximum absolute atomic E-state index is 14.9. The van der Waals surface area contributed by atoms with Crippen LogP contribution in [0.25, 0.3) is 22.3 Å². The molecule has 84 heavy (non-hydrogen) atoms. The molecule has 410 valence electrons. The van der Waals surface area contributed by atoms with E-state index in [1.165, 1.54) is 0 Å². The molecule has 0 spiro atoms. The van der Waals surface area contributed by atoms with Crippen molar-refractivity contribution in [2.75, 3.05) is 0 Å². The molecule has 0 saturated heterocycles. The summed E-state index contributed by atoms with van der Waals surface area (Å²) in [6.07, 6.45) is 1.63. The zero-order valence-corrected chi connectivity index (χ0v) is 46.6. The minimum absolute atomic E-state index is 0.158. The van der Waals surface area contributed by atoms with Crippen LogP contribution in [-0.2, 0) is 10.6 Å². The topological polar surface area (TPSA) is 216 Å². The van der Waals surface area contributed by atoms with E-state index in [1.807, 2.05) is 95.3 Å². The number of aryl methyl sites for hydroxylation is 3. The van der Waals surface area contributed by atoms with E-state index < -0.39 is 10.6 Å². The molecule has 0 amide bonds. The number of ether oxygens (including phenoxy) is 5. The Labute approximate surface area is 486 Å². The fourth-order valence-electron chi connectivity index (χ4n) is 9.23. The number of ketones is 2. The Balaban J connectivity index is 0.00000205. The largest absolute Gasteiger partial charge is 0.456 e. The quantitative estimate of drug-likeness (QED) is 0.0823. The fourth-order valence-corrected chi connectivity index (χ4v) is 9.23. The van der Waals surface area contributed by atoms with Gasteiger partial charge in [0.2, 0.25) is 5.88 Å². The van der Waals surface area contributed by atoms with Crippen molar-refractivity contribution >= 4 is 22.2 Å². The lowest BCUT2D eigenvalue weighted by molar-refractivity contribution is 0.103. The lowest BCUT2D eigenvalue weighted by Gasteiger charge is -2.18. The summed E-state index contributed by atoms with van der Waals surface area (Å²) in [5, 5.41) is 31.1. The van der Waals surface area contributed by atoms with Gasteiger partial charge in [-0.1, -0.05) is 96.6 Å². The van der Waals surface area contributed by atoms with E-state index in [9.17, 15) is 25.4 Å². The second-order valence-electron chi connectivity index (χ2n) is 19.1. The summed E-state index contributed by atoms with van der Waals surface area (Å²) in [5.74, 6) is 3.60. The van der Waals surface area contributed by atoms with Gasteiger partial charge in [0.25, 0.3) is 0 Å². The highest BCUT2D eigenvalue weighted by molar-refractivity contribution is 7.59. The Morgan fingerprint density at radius 3 is 1.54 bits per heavy atom. The highest BCUT2D eigenvalue weighted by atomic mass is 32.2. The standard InChI is InChI=1S/C69H48N4O7.O3S/c1-42-23-30-52(55(36-42)68(74)47-15-7-6-8-16-47)49-26-31-54(56(38-49)69(75)48-24-27-50(28-25-48)77-67-22-9-10-35-73-67)53-17-12-19-64(58(53)40-71)76-51-29-32-60(44(3)37-51)78-65-20-13-21-66(59(65)41-72)80-62-34-33-61(45(4)46(62)5)79-63-18-11-14-43(2)57(63)39-70;1-4(2)3/h6-38H,1-5H3;. The van der Waals surface area contributed by atoms with Gasteiger partial charge in [-0.3, -0.25) is 9.59 Å². The normalized spacial score (nSPS) is 10.4. The highest BCUT2D eigenvalue weighted by Gasteiger charge is 2.24. The van der Waals surface area contributed by atoms with E-state index in [-0.39, 0.29) is 39.9 Å². The minimum Gasteiger partial charge on any atom is -0.456 e. The van der Waals surface area contributed by atoms with Crippen molar-refractivity contribution in [1.82, 2.24) is 4.98 Å². The number of pyridine rings is 1.